The van der Waals surface area contributed by atoms with Gasteiger partial charge in [-0.15, -0.1) is 0 Å². The van der Waals surface area contributed by atoms with Crippen LogP contribution in [0.3, 0.4) is 0 Å². The second-order valence-corrected chi connectivity index (χ2v) is 4.96. The van der Waals surface area contributed by atoms with E-state index in [0.717, 1.165) is 0 Å². The highest BCUT2D eigenvalue weighted by atomic mass is 79.9. The molecule has 4 nitrogen and oxygen atoms in total. The van der Waals surface area contributed by atoms with Gasteiger partial charge in [-0.05, 0) is 6.07 Å². The summed E-state index contributed by atoms with van der Waals surface area (Å²) in [5.41, 5.74) is 6.44. The number of nitrogens with two attached hydrogens (primary N) is 1. The van der Waals surface area contributed by atoms with Gasteiger partial charge in [0.05, 0.1) is 10.9 Å². The van der Waals surface area contributed by atoms with Crippen LogP contribution in [-0.2, 0) is 0 Å². The van der Waals surface area contributed by atoms with Crippen LogP contribution in [0.5, 0.6) is 0 Å². The van der Waals surface area contributed by atoms with Crippen molar-refractivity contribution in [2.24, 2.45) is 0 Å². The van der Waals surface area contributed by atoms with E-state index in [4.69, 9.17) is 17.3 Å². The number of pyridine rings is 1. The van der Waals surface area contributed by atoms with Crippen LogP contribution in [-0.4, -0.2) is 21.9 Å². The predicted octanol–water partition coefficient (Wildman–Crippen LogP) is 3.13. The molecule has 0 aliphatic heterocycles. The minimum absolute atomic E-state index is 0.0225. The average Bonchev–Trinajstić information content (AvgIpc) is 2.46. The van der Waals surface area contributed by atoms with E-state index in [0.29, 0.717) is 5.56 Å². The van der Waals surface area contributed by atoms with E-state index in [2.05, 4.69) is 20.9 Å². The molecule has 2 N–H and O–H groups in total. The second kappa shape index (κ2) is 6.15. The summed E-state index contributed by atoms with van der Waals surface area (Å²) in [5.74, 6) is -0.699. The Morgan fingerprint density at radius 2 is 1.90 bits per heavy atom. The topological polar surface area (TPSA) is 73.0 Å². The molecule has 0 saturated heterocycles. The first-order valence-corrected chi connectivity index (χ1v) is 7.19. The number of Topliss-reactive ketones (excluding diaryl/α,β-unsaturated/α-hetero) is 1. The van der Waals surface area contributed by atoms with Gasteiger partial charge in [-0.1, -0.05) is 57.9 Å². The Morgan fingerprint density at radius 3 is 2.50 bits per heavy atom. The fraction of sp³-hybridized carbons (Fsp3) is 0.0714. The molecule has 0 fully saturated rings. The summed E-state index contributed by atoms with van der Waals surface area (Å²) in [6.45, 7) is 0. The zero-order chi connectivity index (χ0) is 14.7. The number of hydrogen-bond acceptors (Lipinski definition) is 4. The van der Waals surface area contributed by atoms with Gasteiger partial charge in [-0.3, -0.25) is 9.59 Å². The molecular weight excluding hydrogens is 344 g/mol. The van der Waals surface area contributed by atoms with E-state index in [-0.39, 0.29) is 39.0 Å². The number of halogens is 2. The number of nitrogens with zero attached hydrogens (tertiary/aromatic N) is 1. The molecule has 0 unspecified atom stereocenters. The Morgan fingerprint density at radius 1 is 1.25 bits per heavy atom. The standard InChI is InChI=1S/C14H10BrClN2O2/c15-7-10(19)12-9(17)6-11(16)18-13(12)14(20)8-4-2-1-3-5-8/h1-6H,7H2,(H2,17,18). The van der Waals surface area contributed by atoms with Crippen molar-refractivity contribution in [1.82, 2.24) is 4.98 Å². The number of carbonyl (C=O) groups excluding carboxylic acids is 2. The lowest BCUT2D eigenvalue weighted by atomic mass is 10.0. The van der Waals surface area contributed by atoms with Gasteiger partial charge >= 0.3 is 0 Å². The fourth-order valence-electron chi connectivity index (χ4n) is 1.78. The molecular formula is C14H10BrClN2O2. The molecule has 0 radical (unpaired) electrons. The Bertz CT molecular complexity index is 674. The fourth-order valence-corrected chi connectivity index (χ4v) is 2.27. The van der Waals surface area contributed by atoms with Crippen LogP contribution in [0.2, 0.25) is 5.15 Å². The number of rotatable bonds is 4. The molecule has 0 amide bonds. The summed E-state index contributed by atoms with van der Waals surface area (Å²) < 4.78 is 0. The van der Waals surface area contributed by atoms with Crippen LogP contribution in [0.15, 0.2) is 36.4 Å². The highest BCUT2D eigenvalue weighted by molar-refractivity contribution is 9.09. The molecule has 0 saturated carbocycles. The average molecular weight is 354 g/mol. The van der Waals surface area contributed by atoms with Crippen LogP contribution in [0.25, 0.3) is 0 Å². The van der Waals surface area contributed by atoms with Crippen LogP contribution < -0.4 is 5.73 Å². The van der Waals surface area contributed by atoms with Gasteiger partial charge in [0.1, 0.15) is 10.8 Å². The quantitative estimate of drug-likeness (QED) is 0.521. The second-order valence-electron chi connectivity index (χ2n) is 4.01. The highest BCUT2D eigenvalue weighted by Crippen LogP contribution is 2.23. The van der Waals surface area contributed by atoms with Crippen molar-refractivity contribution < 1.29 is 9.59 Å². The van der Waals surface area contributed by atoms with Crippen molar-refractivity contribution in [3.8, 4) is 0 Å². The van der Waals surface area contributed by atoms with Crippen molar-refractivity contribution in [3.05, 3.63) is 58.4 Å². The summed E-state index contributed by atoms with van der Waals surface area (Å²) in [5, 5.41) is 0.128. The van der Waals surface area contributed by atoms with Crippen LogP contribution >= 0.6 is 27.5 Å². The Kier molecular flexibility index (Phi) is 4.52. The lowest BCUT2D eigenvalue weighted by Gasteiger charge is -2.09. The number of anilines is 1. The summed E-state index contributed by atoms with van der Waals surface area (Å²) >= 11 is 8.90. The summed E-state index contributed by atoms with van der Waals surface area (Å²) in [6, 6.07) is 9.90. The van der Waals surface area contributed by atoms with E-state index in [1.165, 1.54) is 6.07 Å². The molecule has 0 aliphatic carbocycles. The van der Waals surface area contributed by atoms with Gasteiger partial charge in [-0.2, -0.15) is 0 Å². The van der Waals surface area contributed by atoms with Crippen molar-refractivity contribution in [3.63, 3.8) is 0 Å². The molecule has 102 valence electrons. The zero-order valence-electron chi connectivity index (χ0n) is 10.3. The monoisotopic (exact) mass is 352 g/mol. The normalized spacial score (nSPS) is 10.3. The van der Waals surface area contributed by atoms with E-state index in [1.807, 2.05) is 0 Å². The largest absolute Gasteiger partial charge is 0.398 e. The number of ketones is 2. The SMILES string of the molecule is Nc1cc(Cl)nc(C(=O)c2ccccc2)c1C(=O)CBr. The molecule has 0 bridgehead atoms. The molecule has 2 aromatic rings. The third-order valence-corrected chi connectivity index (χ3v) is 3.37. The Labute approximate surface area is 129 Å². The van der Waals surface area contributed by atoms with Gasteiger partial charge in [-0.25, -0.2) is 4.98 Å². The van der Waals surface area contributed by atoms with Crippen LogP contribution in [0, 0.1) is 0 Å². The molecule has 1 aromatic heterocycles. The van der Waals surface area contributed by atoms with Crippen molar-refractivity contribution in [2.45, 2.75) is 0 Å². The number of nitrogen functional groups attached to an aromatic ring is 1. The third-order valence-electron chi connectivity index (χ3n) is 2.67. The Hall–Kier alpha value is -1.72. The highest BCUT2D eigenvalue weighted by Gasteiger charge is 2.22. The first-order valence-electron chi connectivity index (χ1n) is 5.69. The summed E-state index contributed by atoms with van der Waals surface area (Å²) in [6.07, 6.45) is 0. The minimum atomic E-state index is -0.385. The van der Waals surface area contributed by atoms with Crippen molar-refractivity contribution >= 4 is 44.8 Å². The first-order chi connectivity index (χ1) is 9.54. The maximum absolute atomic E-state index is 12.4. The molecule has 6 heteroatoms. The molecule has 0 spiro atoms. The zero-order valence-corrected chi connectivity index (χ0v) is 12.6. The Balaban J connectivity index is 2.61. The number of aromatic nitrogens is 1. The number of benzene rings is 1. The maximum atomic E-state index is 12.4. The van der Waals surface area contributed by atoms with Gasteiger partial charge < -0.3 is 5.73 Å². The molecule has 1 aromatic carbocycles. The third kappa shape index (κ3) is 2.89. The molecule has 0 aliphatic rings. The lowest BCUT2D eigenvalue weighted by Crippen LogP contribution is -2.16. The number of carbonyl (C=O) groups is 2. The smallest absolute Gasteiger partial charge is 0.212 e. The van der Waals surface area contributed by atoms with Crippen LogP contribution in [0.4, 0.5) is 5.69 Å². The van der Waals surface area contributed by atoms with Gasteiger partial charge in [0.25, 0.3) is 0 Å². The summed E-state index contributed by atoms with van der Waals surface area (Å²) in [7, 11) is 0. The van der Waals surface area contributed by atoms with E-state index in [1.54, 1.807) is 30.3 Å². The number of hydrogen-bond donors (Lipinski definition) is 1. The minimum Gasteiger partial charge on any atom is -0.398 e. The molecule has 20 heavy (non-hydrogen) atoms. The van der Waals surface area contributed by atoms with Crippen LogP contribution in [0.1, 0.15) is 26.4 Å². The summed E-state index contributed by atoms with van der Waals surface area (Å²) in [4.78, 5) is 28.4. The van der Waals surface area contributed by atoms with Crippen molar-refractivity contribution in [2.75, 3.05) is 11.1 Å². The predicted molar refractivity (Wildman–Crippen MR) is 81.7 cm³/mol. The van der Waals surface area contributed by atoms with Gasteiger partial charge in [0, 0.05) is 11.3 Å². The van der Waals surface area contributed by atoms with E-state index < -0.39 is 0 Å². The van der Waals surface area contributed by atoms with Crippen molar-refractivity contribution in [1.29, 1.82) is 0 Å². The lowest BCUT2D eigenvalue weighted by molar-refractivity contribution is 0.0992. The number of alkyl halides is 1. The maximum Gasteiger partial charge on any atom is 0.212 e. The van der Waals surface area contributed by atoms with Gasteiger partial charge in [0.2, 0.25) is 5.78 Å². The molecule has 0 atom stereocenters. The van der Waals surface area contributed by atoms with E-state index >= 15 is 0 Å². The van der Waals surface area contributed by atoms with Gasteiger partial charge in [0.15, 0.2) is 5.78 Å². The molecule has 1 heterocycles. The molecule has 2 rings (SSSR count). The first kappa shape index (κ1) is 14.7. The van der Waals surface area contributed by atoms with E-state index in [9.17, 15) is 9.59 Å².